The highest BCUT2D eigenvalue weighted by Gasteiger charge is 2.32. The molecule has 0 aliphatic heterocycles. The van der Waals surface area contributed by atoms with Crippen LogP contribution in [0.15, 0.2) is 72.8 Å². The van der Waals surface area contributed by atoms with Gasteiger partial charge in [0.05, 0.1) is 12.9 Å². The maximum absolute atomic E-state index is 14.3. The van der Waals surface area contributed by atoms with Crippen LogP contribution in [-0.2, 0) is 28.3 Å². The highest BCUT2D eigenvalue weighted by Crippen LogP contribution is 2.26. The lowest BCUT2D eigenvalue weighted by molar-refractivity contribution is -0.139. The summed E-state index contributed by atoms with van der Waals surface area (Å²) >= 11 is 7.49. The first-order chi connectivity index (χ1) is 19.4. The number of thioether (sulfide) groups is 1. The Morgan fingerprint density at radius 2 is 1.75 bits per heavy atom. The number of halogens is 2. The van der Waals surface area contributed by atoms with E-state index in [2.05, 4.69) is 5.32 Å². The first kappa shape index (κ1) is 29.9. The van der Waals surface area contributed by atoms with Crippen LogP contribution in [0, 0.1) is 5.82 Å². The van der Waals surface area contributed by atoms with E-state index < -0.39 is 11.9 Å². The fourth-order valence-electron chi connectivity index (χ4n) is 5.06. The molecule has 1 fully saturated rings. The van der Waals surface area contributed by atoms with Gasteiger partial charge in [0.25, 0.3) is 0 Å². The number of nitrogens with zero attached hydrogens (tertiary/aromatic N) is 1. The molecule has 1 atom stereocenters. The van der Waals surface area contributed by atoms with Gasteiger partial charge in [0.2, 0.25) is 11.8 Å². The third-order valence-corrected chi connectivity index (χ3v) is 8.54. The summed E-state index contributed by atoms with van der Waals surface area (Å²) in [5.41, 5.74) is 2.20. The van der Waals surface area contributed by atoms with E-state index in [1.807, 2.05) is 54.6 Å². The van der Waals surface area contributed by atoms with E-state index in [0.717, 1.165) is 36.8 Å². The van der Waals surface area contributed by atoms with E-state index in [0.29, 0.717) is 22.8 Å². The number of hydrogen-bond donors (Lipinski definition) is 1. The molecular weight excluding hydrogens is 547 g/mol. The normalized spacial score (nSPS) is 14.4. The second-order valence-corrected chi connectivity index (χ2v) is 11.5. The van der Waals surface area contributed by atoms with Crippen molar-refractivity contribution in [3.05, 3.63) is 100 Å². The van der Waals surface area contributed by atoms with E-state index in [1.165, 1.54) is 24.2 Å². The first-order valence-corrected chi connectivity index (χ1v) is 15.2. The Hall–Kier alpha value is -3.03. The van der Waals surface area contributed by atoms with Crippen LogP contribution in [0.3, 0.4) is 0 Å². The highest BCUT2D eigenvalue weighted by molar-refractivity contribution is 7.99. The molecule has 1 N–H and O–H groups in total. The van der Waals surface area contributed by atoms with Gasteiger partial charge in [-0.15, -0.1) is 11.8 Å². The van der Waals surface area contributed by atoms with Gasteiger partial charge in [-0.1, -0.05) is 79.4 Å². The monoisotopic (exact) mass is 582 g/mol. The van der Waals surface area contributed by atoms with Crippen molar-refractivity contribution in [2.75, 3.05) is 12.9 Å². The summed E-state index contributed by atoms with van der Waals surface area (Å²) in [5.74, 6) is 0.279. The van der Waals surface area contributed by atoms with Crippen LogP contribution in [0.4, 0.5) is 4.39 Å². The van der Waals surface area contributed by atoms with Gasteiger partial charge >= 0.3 is 0 Å². The molecule has 3 aromatic rings. The number of methoxy groups -OCH3 is 1. The van der Waals surface area contributed by atoms with Crippen LogP contribution >= 0.6 is 23.4 Å². The Labute approximate surface area is 245 Å². The zero-order valence-corrected chi connectivity index (χ0v) is 24.4. The summed E-state index contributed by atoms with van der Waals surface area (Å²) in [6.07, 6.45) is 5.66. The summed E-state index contributed by atoms with van der Waals surface area (Å²) in [7, 11) is 1.60. The van der Waals surface area contributed by atoms with Crippen LogP contribution in [0.5, 0.6) is 5.75 Å². The van der Waals surface area contributed by atoms with Crippen molar-refractivity contribution in [1.82, 2.24) is 10.2 Å². The summed E-state index contributed by atoms with van der Waals surface area (Å²) in [6.45, 7) is 0.243. The molecule has 3 aromatic carbocycles. The van der Waals surface area contributed by atoms with Gasteiger partial charge < -0.3 is 15.0 Å². The summed E-state index contributed by atoms with van der Waals surface area (Å²) < 4.78 is 19.7. The van der Waals surface area contributed by atoms with Gasteiger partial charge in [-0.05, 0) is 48.2 Å². The molecule has 1 aliphatic rings. The van der Waals surface area contributed by atoms with Crippen LogP contribution in [0.1, 0.15) is 48.8 Å². The van der Waals surface area contributed by atoms with Crippen molar-refractivity contribution in [3.63, 3.8) is 0 Å². The predicted octanol–water partition coefficient (Wildman–Crippen LogP) is 6.81. The van der Waals surface area contributed by atoms with E-state index >= 15 is 0 Å². The van der Waals surface area contributed by atoms with Gasteiger partial charge in [-0.2, -0.15) is 0 Å². The van der Waals surface area contributed by atoms with Crippen molar-refractivity contribution in [1.29, 1.82) is 0 Å². The van der Waals surface area contributed by atoms with Gasteiger partial charge in [0, 0.05) is 35.3 Å². The Morgan fingerprint density at radius 1 is 1.02 bits per heavy atom. The van der Waals surface area contributed by atoms with E-state index in [1.54, 1.807) is 24.1 Å². The largest absolute Gasteiger partial charge is 0.497 e. The van der Waals surface area contributed by atoms with Gasteiger partial charge in [-0.3, -0.25) is 9.59 Å². The Morgan fingerprint density at radius 3 is 2.48 bits per heavy atom. The lowest BCUT2D eigenvalue weighted by atomic mass is 9.94. The van der Waals surface area contributed by atoms with E-state index in [4.69, 9.17) is 16.3 Å². The molecule has 0 saturated heterocycles. The lowest BCUT2D eigenvalue weighted by Crippen LogP contribution is -2.53. The van der Waals surface area contributed by atoms with E-state index in [-0.39, 0.29) is 35.9 Å². The zero-order valence-electron chi connectivity index (χ0n) is 22.8. The molecule has 212 valence electrons. The molecule has 0 heterocycles. The van der Waals surface area contributed by atoms with Crippen molar-refractivity contribution in [2.24, 2.45) is 0 Å². The van der Waals surface area contributed by atoms with Crippen LogP contribution < -0.4 is 10.1 Å². The van der Waals surface area contributed by atoms with Gasteiger partial charge in [0.1, 0.15) is 17.6 Å². The zero-order chi connectivity index (χ0) is 28.3. The molecule has 2 amide bonds. The highest BCUT2D eigenvalue weighted by atomic mass is 35.5. The predicted molar refractivity (Wildman–Crippen MR) is 160 cm³/mol. The second kappa shape index (κ2) is 15.1. The summed E-state index contributed by atoms with van der Waals surface area (Å²) in [5, 5.41) is 3.58. The molecular formula is C32H36ClFN2O3S. The van der Waals surface area contributed by atoms with Crippen molar-refractivity contribution in [3.8, 4) is 5.75 Å². The third kappa shape index (κ3) is 8.48. The number of amides is 2. The van der Waals surface area contributed by atoms with Gasteiger partial charge in [-0.25, -0.2) is 4.39 Å². The average Bonchev–Trinajstić information content (AvgIpc) is 2.97. The number of hydrogen-bond acceptors (Lipinski definition) is 4. The van der Waals surface area contributed by atoms with Crippen molar-refractivity contribution < 1.29 is 18.7 Å². The molecule has 40 heavy (non-hydrogen) atoms. The molecule has 1 aliphatic carbocycles. The Bertz CT molecular complexity index is 1250. The second-order valence-electron chi connectivity index (χ2n) is 10.1. The van der Waals surface area contributed by atoms with Crippen LogP contribution in [0.2, 0.25) is 5.02 Å². The maximum atomic E-state index is 14.3. The average molecular weight is 583 g/mol. The van der Waals surface area contributed by atoms with Gasteiger partial charge in [0.15, 0.2) is 0 Å². The molecule has 0 radical (unpaired) electrons. The SMILES string of the molecule is COc1cccc(CN(C(=O)CSCc2c(F)cccc2Cl)[C@@H](Cc2ccccc2)C(=O)NC2CCCCC2)c1. The molecule has 5 nitrogen and oxygen atoms in total. The number of nitrogens with one attached hydrogen (secondary N) is 1. The molecule has 0 spiro atoms. The van der Waals surface area contributed by atoms with Crippen molar-refractivity contribution >= 4 is 35.2 Å². The Kier molecular flexibility index (Phi) is 11.3. The quantitative estimate of drug-likeness (QED) is 0.255. The molecule has 4 rings (SSSR count). The fraction of sp³-hybridized carbons (Fsp3) is 0.375. The number of rotatable bonds is 12. The number of carbonyl (C=O) groups is 2. The topological polar surface area (TPSA) is 58.6 Å². The number of ether oxygens (including phenoxy) is 1. The van der Waals surface area contributed by atoms with E-state index in [9.17, 15) is 14.0 Å². The Balaban J connectivity index is 1.59. The maximum Gasteiger partial charge on any atom is 0.243 e. The molecule has 0 unspecified atom stereocenters. The number of benzene rings is 3. The first-order valence-electron chi connectivity index (χ1n) is 13.7. The minimum absolute atomic E-state index is 0.0800. The minimum Gasteiger partial charge on any atom is -0.497 e. The lowest BCUT2D eigenvalue weighted by Gasteiger charge is -2.33. The number of carbonyl (C=O) groups excluding carboxylic acids is 2. The molecule has 0 bridgehead atoms. The smallest absolute Gasteiger partial charge is 0.243 e. The van der Waals surface area contributed by atoms with Crippen LogP contribution in [0.25, 0.3) is 0 Å². The summed E-state index contributed by atoms with van der Waals surface area (Å²) in [4.78, 5) is 29.4. The van der Waals surface area contributed by atoms with Crippen molar-refractivity contribution in [2.45, 2.75) is 62.9 Å². The summed E-state index contributed by atoms with van der Waals surface area (Å²) in [6, 6.07) is 21.3. The molecule has 1 saturated carbocycles. The third-order valence-electron chi connectivity index (χ3n) is 7.24. The molecule has 8 heteroatoms. The minimum atomic E-state index is -0.708. The fourth-order valence-corrected chi connectivity index (χ4v) is 6.31. The molecule has 0 aromatic heterocycles. The standard InChI is InChI=1S/C32H36ClFN2O3S/c1-39-26-15-8-12-24(18-26)20-36(31(37)22-40-21-27-28(33)16-9-17-29(27)34)30(19-23-10-4-2-5-11-23)32(38)35-25-13-6-3-7-14-25/h2,4-5,8-12,15-18,25,30H,3,6-7,13-14,19-22H2,1H3,(H,35,38)/t30-/m0/s1. The van der Waals surface area contributed by atoms with Crippen LogP contribution in [-0.4, -0.2) is 41.7 Å².